The molecule has 0 saturated carbocycles. The summed E-state index contributed by atoms with van der Waals surface area (Å²) >= 11 is 0. The van der Waals surface area contributed by atoms with Crippen LogP contribution in [-0.4, -0.2) is 25.8 Å². The molecule has 0 aliphatic heterocycles. The topological polar surface area (TPSA) is 30.5 Å². The minimum Gasteiger partial charge on any atom is -0.497 e. The van der Waals surface area contributed by atoms with Gasteiger partial charge in [0.05, 0.1) is 19.3 Å². The Balaban J connectivity index is 2.78. The Labute approximate surface area is 123 Å². The van der Waals surface area contributed by atoms with E-state index >= 15 is 0 Å². The van der Waals surface area contributed by atoms with Crippen LogP contribution in [0.1, 0.15) is 46.3 Å². The molecule has 114 valence electrons. The average Bonchev–Trinajstić information content (AvgIpc) is 2.43. The molecule has 1 N–H and O–H groups in total. The summed E-state index contributed by atoms with van der Waals surface area (Å²) in [6, 6.07) is 8.59. The van der Waals surface area contributed by atoms with Crippen molar-refractivity contribution in [1.29, 1.82) is 0 Å². The highest BCUT2D eigenvalue weighted by atomic mass is 16.5. The Bertz CT molecular complexity index is 373. The molecule has 3 heteroatoms. The van der Waals surface area contributed by atoms with Gasteiger partial charge in [-0.2, -0.15) is 0 Å². The number of hydrogen-bond donors (Lipinski definition) is 1. The number of ether oxygens (including phenoxy) is 2. The Morgan fingerprint density at radius 3 is 2.05 bits per heavy atom. The molecule has 0 fully saturated rings. The second-order valence-corrected chi connectivity index (χ2v) is 5.91. The van der Waals surface area contributed by atoms with Crippen LogP contribution < -0.4 is 10.1 Å². The monoisotopic (exact) mass is 279 g/mol. The number of nitrogens with one attached hydrogen (secondary N) is 1. The van der Waals surface area contributed by atoms with Crippen LogP contribution in [0.15, 0.2) is 24.3 Å². The van der Waals surface area contributed by atoms with Gasteiger partial charge in [0.2, 0.25) is 0 Å². The molecule has 0 aliphatic carbocycles. The van der Waals surface area contributed by atoms with Gasteiger partial charge in [0.15, 0.2) is 0 Å². The molecule has 0 bridgehead atoms. The van der Waals surface area contributed by atoms with Crippen molar-refractivity contribution in [2.75, 3.05) is 13.7 Å². The molecule has 0 spiro atoms. The van der Waals surface area contributed by atoms with Crippen molar-refractivity contribution in [3.8, 4) is 5.75 Å². The van der Waals surface area contributed by atoms with Crippen molar-refractivity contribution in [1.82, 2.24) is 5.32 Å². The van der Waals surface area contributed by atoms with Crippen LogP contribution in [-0.2, 0) is 4.74 Å². The van der Waals surface area contributed by atoms with Crippen LogP contribution in [0.3, 0.4) is 0 Å². The molecule has 20 heavy (non-hydrogen) atoms. The minimum absolute atomic E-state index is 0.0701. The molecule has 0 saturated heterocycles. The second kappa shape index (κ2) is 8.28. The lowest BCUT2D eigenvalue weighted by Crippen LogP contribution is -2.31. The van der Waals surface area contributed by atoms with Gasteiger partial charge in [-0.3, -0.25) is 0 Å². The maximum atomic E-state index is 6.22. The Morgan fingerprint density at radius 2 is 1.60 bits per heavy atom. The van der Waals surface area contributed by atoms with E-state index in [-0.39, 0.29) is 12.2 Å². The van der Waals surface area contributed by atoms with Gasteiger partial charge in [0.1, 0.15) is 5.75 Å². The highest BCUT2D eigenvalue weighted by Gasteiger charge is 2.18. The third-order valence-electron chi connectivity index (χ3n) is 3.52. The van der Waals surface area contributed by atoms with Crippen LogP contribution in [0.5, 0.6) is 5.75 Å². The van der Waals surface area contributed by atoms with E-state index in [1.807, 2.05) is 12.1 Å². The molecule has 3 nitrogen and oxygen atoms in total. The molecule has 1 aromatic carbocycles. The van der Waals surface area contributed by atoms with E-state index in [1.165, 1.54) is 5.56 Å². The van der Waals surface area contributed by atoms with E-state index < -0.39 is 0 Å². The van der Waals surface area contributed by atoms with Crippen LogP contribution >= 0.6 is 0 Å². The number of rotatable bonds is 8. The van der Waals surface area contributed by atoms with E-state index in [0.29, 0.717) is 12.0 Å². The summed E-state index contributed by atoms with van der Waals surface area (Å²) in [5.41, 5.74) is 1.19. The van der Waals surface area contributed by atoms with E-state index in [0.717, 1.165) is 12.3 Å². The standard InChI is InChI=1S/C17H29NO2/c1-12(2)14(5)20-17(11-18-13(3)4)15-7-9-16(19-6)10-8-15/h7-10,12-14,17-18H,11H2,1-6H3. The molecule has 0 aliphatic rings. The third kappa shape index (κ3) is 5.51. The predicted octanol–water partition coefficient (Wildman–Crippen LogP) is 3.80. The number of benzene rings is 1. The summed E-state index contributed by atoms with van der Waals surface area (Å²) < 4.78 is 11.4. The number of methoxy groups -OCH3 is 1. The van der Waals surface area contributed by atoms with Gasteiger partial charge >= 0.3 is 0 Å². The summed E-state index contributed by atoms with van der Waals surface area (Å²) in [6.45, 7) is 11.6. The fourth-order valence-corrected chi connectivity index (χ4v) is 1.82. The maximum absolute atomic E-state index is 6.22. The Hall–Kier alpha value is -1.06. The first-order chi connectivity index (χ1) is 9.43. The predicted molar refractivity (Wildman–Crippen MR) is 84.3 cm³/mol. The summed E-state index contributed by atoms with van der Waals surface area (Å²) in [6.07, 6.45) is 0.303. The lowest BCUT2D eigenvalue weighted by Gasteiger charge is -2.26. The lowest BCUT2D eigenvalue weighted by molar-refractivity contribution is -0.0266. The van der Waals surface area contributed by atoms with Gasteiger partial charge in [-0.1, -0.05) is 39.8 Å². The van der Waals surface area contributed by atoms with Crippen LogP contribution in [0.2, 0.25) is 0 Å². The molecule has 0 aromatic heterocycles. The van der Waals surface area contributed by atoms with Gasteiger partial charge < -0.3 is 14.8 Å². The van der Waals surface area contributed by atoms with Crippen molar-refractivity contribution >= 4 is 0 Å². The third-order valence-corrected chi connectivity index (χ3v) is 3.52. The summed E-state index contributed by atoms with van der Waals surface area (Å²) in [5, 5.41) is 3.46. The van der Waals surface area contributed by atoms with Crippen molar-refractivity contribution in [3.63, 3.8) is 0 Å². The molecule has 2 unspecified atom stereocenters. The van der Waals surface area contributed by atoms with Crippen molar-refractivity contribution in [2.45, 2.75) is 52.9 Å². The Morgan fingerprint density at radius 1 is 1.00 bits per heavy atom. The van der Waals surface area contributed by atoms with E-state index in [2.05, 4.69) is 52.1 Å². The van der Waals surface area contributed by atoms with E-state index in [9.17, 15) is 0 Å². The van der Waals surface area contributed by atoms with Gasteiger partial charge in [0.25, 0.3) is 0 Å². The van der Waals surface area contributed by atoms with Crippen LogP contribution in [0.4, 0.5) is 0 Å². The molecule has 2 atom stereocenters. The zero-order valence-corrected chi connectivity index (χ0v) is 13.6. The fourth-order valence-electron chi connectivity index (χ4n) is 1.82. The zero-order valence-electron chi connectivity index (χ0n) is 13.6. The van der Waals surface area contributed by atoms with E-state index in [4.69, 9.17) is 9.47 Å². The van der Waals surface area contributed by atoms with Gasteiger partial charge in [0, 0.05) is 12.6 Å². The van der Waals surface area contributed by atoms with Crippen molar-refractivity contribution < 1.29 is 9.47 Å². The molecule has 1 aromatic rings. The molecule has 0 amide bonds. The SMILES string of the molecule is COc1ccc(C(CNC(C)C)OC(C)C(C)C)cc1. The molecule has 0 radical (unpaired) electrons. The second-order valence-electron chi connectivity index (χ2n) is 5.91. The van der Waals surface area contributed by atoms with Crippen molar-refractivity contribution in [2.24, 2.45) is 5.92 Å². The van der Waals surface area contributed by atoms with Crippen LogP contribution in [0.25, 0.3) is 0 Å². The maximum Gasteiger partial charge on any atom is 0.118 e. The first-order valence-electron chi connectivity index (χ1n) is 7.46. The van der Waals surface area contributed by atoms with Gasteiger partial charge in [-0.25, -0.2) is 0 Å². The van der Waals surface area contributed by atoms with E-state index in [1.54, 1.807) is 7.11 Å². The molecule has 1 rings (SSSR count). The molecular weight excluding hydrogens is 250 g/mol. The average molecular weight is 279 g/mol. The largest absolute Gasteiger partial charge is 0.497 e. The van der Waals surface area contributed by atoms with Gasteiger partial charge in [-0.05, 0) is 30.5 Å². The molecule has 0 heterocycles. The highest BCUT2D eigenvalue weighted by molar-refractivity contribution is 5.28. The van der Waals surface area contributed by atoms with Crippen LogP contribution in [0, 0.1) is 5.92 Å². The Kier molecular flexibility index (Phi) is 7.03. The van der Waals surface area contributed by atoms with Gasteiger partial charge in [-0.15, -0.1) is 0 Å². The highest BCUT2D eigenvalue weighted by Crippen LogP contribution is 2.23. The lowest BCUT2D eigenvalue weighted by atomic mass is 10.1. The zero-order chi connectivity index (χ0) is 15.1. The smallest absolute Gasteiger partial charge is 0.118 e. The first kappa shape index (κ1) is 17.0. The quantitative estimate of drug-likeness (QED) is 0.785. The minimum atomic E-state index is 0.0701. The summed E-state index contributed by atoms with van der Waals surface area (Å²) in [7, 11) is 1.68. The first-order valence-corrected chi connectivity index (χ1v) is 7.46. The molecular formula is C17H29NO2. The summed E-state index contributed by atoms with van der Waals surface area (Å²) in [5.74, 6) is 1.39. The number of hydrogen-bond acceptors (Lipinski definition) is 3. The fraction of sp³-hybridized carbons (Fsp3) is 0.647. The van der Waals surface area contributed by atoms with Crippen molar-refractivity contribution in [3.05, 3.63) is 29.8 Å². The normalized spacial score (nSPS) is 14.6. The summed E-state index contributed by atoms with van der Waals surface area (Å²) in [4.78, 5) is 0.